The van der Waals surface area contributed by atoms with E-state index in [0.29, 0.717) is 0 Å². The fraction of sp³-hybridized carbons (Fsp3) is 0.562. The van der Waals surface area contributed by atoms with Gasteiger partial charge in [0.05, 0.1) is 13.5 Å². The number of anilines is 1. The van der Waals surface area contributed by atoms with Crippen LogP contribution < -0.4 is 9.64 Å². The maximum absolute atomic E-state index is 11.1. The van der Waals surface area contributed by atoms with E-state index in [1.807, 2.05) is 6.07 Å². The van der Waals surface area contributed by atoms with Crippen LogP contribution in [0.4, 0.5) is 5.69 Å². The van der Waals surface area contributed by atoms with Crippen molar-refractivity contribution >= 4 is 11.7 Å². The predicted octanol–water partition coefficient (Wildman–Crippen LogP) is 2.80. The first-order valence-corrected chi connectivity index (χ1v) is 7.30. The van der Waals surface area contributed by atoms with Crippen molar-refractivity contribution in [2.75, 3.05) is 25.1 Å². The van der Waals surface area contributed by atoms with Gasteiger partial charge in [0, 0.05) is 29.8 Å². The van der Waals surface area contributed by atoms with E-state index in [-0.39, 0.29) is 11.8 Å². The second-order valence-electron chi connectivity index (χ2n) is 5.93. The van der Waals surface area contributed by atoms with Crippen molar-refractivity contribution in [1.82, 2.24) is 0 Å². The Morgan fingerprint density at radius 1 is 1.35 bits per heavy atom. The molecule has 0 spiro atoms. The van der Waals surface area contributed by atoms with Crippen LogP contribution in [0.2, 0.25) is 0 Å². The quantitative estimate of drug-likeness (QED) is 0.897. The van der Waals surface area contributed by atoms with E-state index in [1.54, 1.807) is 7.11 Å². The highest BCUT2D eigenvalue weighted by Crippen LogP contribution is 2.54. The van der Waals surface area contributed by atoms with E-state index in [0.717, 1.165) is 37.2 Å². The molecular formula is C16H21NO3. The van der Waals surface area contributed by atoms with Crippen LogP contribution in [0.3, 0.4) is 0 Å². The standard InChI is InChI=1S/C16H21NO3/c1-20-14-5-4-12(17-8-2-3-9-17)10-13(14)16(6-7-16)11-15(18)19/h4-5,10H,2-3,6-9,11H2,1H3,(H,18,19). The molecular weight excluding hydrogens is 254 g/mol. The summed E-state index contributed by atoms with van der Waals surface area (Å²) in [7, 11) is 1.66. The van der Waals surface area contributed by atoms with Crippen LogP contribution in [-0.4, -0.2) is 31.3 Å². The van der Waals surface area contributed by atoms with Crippen molar-refractivity contribution in [1.29, 1.82) is 0 Å². The van der Waals surface area contributed by atoms with Gasteiger partial charge in [0.1, 0.15) is 5.75 Å². The number of methoxy groups -OCH3 is 1. The molecule has 1 aromatic rings. The zero-order valence-corrected chi connectivity index (χ0v) is 11.9. The molecule has 0 aromatic heterocycles. The summed E-state index contributed by atoms with van der Waals surface area (Å²) >= 11 is 0. The van der Waals surface area contributed by atoms with Crippen molar-refractivity contribution in [3.05, 3.63) is 23.8 Å². The zero-order chi connectivity index (χ0) is 14.2. The minimum absolute atomic E-state index is 0.201. The summed E-state index contributed by atoms with van der Waals surface area (Å²) in [6, 6.07) is 6.23. The maximum Gasteiger partial charge on any atom is 0.304 e. The summed E-state index contributed by atoms with van der Waals surface area (Å²) in [5, 5.41) is 9.14. The van der Waals surface area contributed by atoms with Gasteiger partial charge < -0.3 is 14.7 Å². The van der Waals surface area contributed by atoms with Crippen LogP contribution in [0.25, 0.3) is 0 Å². The average molecular weight is 275 g/mol. The number of hydrogen-bond acceptors (Lipinski definition) is 3. The maximum atomic E-state index is 11.1. The van der Waals surface area contributed by atoms with Crippen molar-refractivity contribution < 1.29 is 14.6 Å². The highest BCUT2D eigenvalue weighted by molar-refractivity contribution is 5.71. The molecule has 1 aromatic carbocycles. The van der Waals surface area contributed by atoms with Gasteiger partial charge in [0.15, 0.2) is 0 Å². The van der Waals surface area contributed by atoms with E-state index in [4.69, 9.17) is 9.84 Å². The Bertz CT molecular complexity index is 516. The Kier molecular flexibility index (Phi) is 3.32. The van der Waals surface area contributed by atoms with Crippen LogP contribution in [0, 0.1) is 0 Å². The molecule has 1 aliphatic carbocycles. The second kappa shape index (κ2) is 5.00. The molecule has 0 bridgehead atoms. The summed E-state index contributed by atoms with van der Waals surface area (Å²) in [6.45, 7) is 2.19. The SMILES string of the molecule is COc1ccc(N2CCCC2)cc1C1(CC(=O)O)CC1. The Balaban J connectivity index is 1.95. The average Bonchev–Trinajstić information content (AvgIpc) is 3.01. The number of aliphatic carboxylic acids is 1. The molecule has 2 fully saturated rings. The highest BCUT2D eigenvalue weighted by atomic mass is 16.5. The van der Waals surface area contributed by atoms with Gasteiger partial charge in [-0.25, -0.2) is 0 Å². The molecule has 0 unspecified atom stereocenters. The Morgan fingerprint density at radius 2 is 2.05 bits per heavy atom. The lowest BCUT2D eigenvalue weighted by Gasteiger charge is -2.23. The lowest BCUT2D eigenvalue weighted by atomic mass is 9.91. The van der Waals surface area contributed by atoms with Crippen molar-refractivity contribution in [2.24, 2.45) is 0 Å². The molecule has 0 radical (unpaired) electrons. The largest absolute Gasteiger partial charge is 0.496 e. The van der Waals surface area contributed by atoms with Gasteiger partial charge in [0.2, 0.25) is 0 Å². The van der Waals surface area contributed by atoms with Crippen molar-refractivity contribution in [3.63, 3.8) is 0 Å². The summed E-state index contributed by atoms with van der Waals surface area (Å²) in [5.41, 5.74) is 2.08. The molecule has 3 rings (SSSR count). The number of carboxylic acids is 1. The van der Waals surface area contributed by atoms with Gasteiger partial charge in [-0.05, 0) is 43.9 Å². The molecule has 4 nitrogen and oxygen atoms in total. The second-order valence-corrected chi connectivity index (χ2v) is 5.93. The Labute approximate surface area is 119 Å². The van der Waals surface area contributed by atoms with E-state index >= 15 is 0 Å². The molecule has 1 aliphatic heterocycles. The normalized spacial score (nSPS) is 19.9. The summed E-state index contributed by atoms with van der Waals surface area (Å²) < 4.78 is 5.46. The fourth-order valence-electron chi connectivity index (χ4n) is 3.26. The molecule has 1 saturated carbocycles. The first-order chi connectivity index (χ1) is 9.64. The highest BCUT2D eigenvalue weighted by Gasteiger charge is 2.48. The number of benzene rings is 1. The van der Waals surface area contributed by atoms with Crippen LogP contribution in [-0.2, 0) is 10.2 Å². The Morgan fingerprint density at radius 3 is 2.60 bits per heavy atom. The first-order valence-electron chi connectivity index (χ1n) is 7.30. The van der Waals surface area contributed by atoms with Crippen molar-refractivity contribution in [2.45, 2.75) is 37.5 Å². The number of rotatable bonds is 5. The molecule has 1 N–H and O–H groups in total. The number of carboxylic acid groups (broad SMARTS) is 1. The topological polar surface area (TPSA) is 49.8 Å². The van der Waals surface area contributed by atoms with E-state index in [2.05, 4.69) is 17.0 Å². The lowest BCUT2D eigenvalue weighted by molar-refractivity contribution is -0.137. The van der Waals surface area contributed by atoms with E-state index in [9.17, 15) is 4.79 Å². The number of hydrogen-bond donors (Lipinski definition) is 1. The molecule has 4 heteroatoms. The van der Waals surface area contributed by atoms with Gasteiger partial charge in [-0.3, -0.25) is 4.79 Å². The fourth-order valence-corrected chi connectivity index (χ4v) is 3.26. The molecule has 20 heavy (non-hydrogen) atoms. The predicted molar refractivity (Wildman–Crippen MR) is 77.6 cm³/mol. The number of carbonyl (C=O) groups is 1. The van der Waals surface area contributed by atoms with E-state index in [1.165, 1.54) is 18.5 Å². The monoisotopic (exact) mass is 275 g/mol. The third kappa shape index (κ3) is 2.35. The van der Waals surface area contributed by atoms with Crippen LogP contribution >= 0.6 is 0 Å². The lowest BCUT2D eigenvalue weighted by Crippen LogP contribution is -2.19. The van der Waals surface area contributed by atoms with Gasteiger partial charge in [-0.1, -0.05) is 0 Å². The Hall–Kier alpha value is -1.71. The molecule has 108 valence electrons. The first kappa shape index (κ1) is 13.3. The minimum atomic E-state index is -0.726. The summed E-state index contributed by atoms with van der Waals surface area (Å²) in [5.74, 6) is 0.0998. The van der Waals surface area contributed by atoms with Crippen LogP contribution in [0.15, 0.2) is 18.2 Å². The number of ether oxygens (including phenoxy) is 1. The zero-order valence-electron chi connectivity index (χ0n) is 11.9. The van der Waals surface area contributed by atoms with Crippen molar-refractivity contribution in [3.8, 4) is 5.75 Å². The van der Waals surface area contributed by atoms with Gasteiger partial charge in [-0.2, -0.15) is 0 Å². The molecule has 1 saturated heterocycles. The summed E-state index contributed by atoms with van der Waals surface area (Å²) in [6.07, 6.45) is 4.56. The molecule has 1 heterocycles. The third-order valence-corrected chi connectivity index (χ3v) is 4.57. The van der Waals surface area contributed by atoms with Gasteiger partial charge in [-0.15, -0.1) is 0 Å². The van der Waals surface area contributed by atoms with Gasteiger partial charge >= 0.3 is 5.97 Å². The van der Waals surface area contributed by atoms with Crippen LogP contribution in [0.5, 0.6) is 5.75 Å². The smallest absolute Gasteiger partial charge is 0.304 e. The summed E-state index contributed by atoms with van der Waals surface area (Å²) in [4.78, 5) is 13.5. The van der Waals surface area contributed by atoms with Crippen LogP contribution in [0.1, 0.15) is 37.7 Å². The number of nitrogens with zero attached hydrogens (tertiary/aromatic N) is 1. The molecule has 0 amide bonds. The third-order valence-electron chi connectivity index (χ3n) is 4.57. The minimum Gasteiger partial charge on any atom is -0.496 e. The van der Waals surface area contributed by atoms with Gasteiger partial charge in [0.25, 0.3) is 0 Å². The molecule has 2 aliphatic rings. The van der Waals surface area contributed by atoms with E-state index < -0.39 is 5.97 Å². The molecule has 0 atom stereocenters.